The van der Waals surface area contributed by atoms with Gasteiger partial charge in [-0.05, 0) is 19.1 Å². The highest BCUT2D eigenvalue weighted by Gasteiger charge is 2.18. The molecule has 0 radical (unpaired) electrons. The van der Waals surface area contributed by atoms with E-state index in [1.807, 2.05) is 11.8 Å². The maximum absolute atomic E-state index is 10.9. The van der Waals surface area contributed by atoms with Gasteiger partial charge in [-0.15, -0.1) is 0 Å². The Hall–Kier alpha value is -1.14. The molecule has 0 amide bonds. The Morgan fingerprint density at radius 3 is 2.75 bits per heavy atom. The Morgan fingerprint density at radius 1 is 1.56 bits per heavy atom. The summed E-state index contributed by atoms with van der Waals surface area (Å²) in [5.41, 5.74) is 6.20. The van der Waals surface area contributed by atoms with E-state index < -0.39 is 0 Å². The zero-order valence-corrected chi connectivity index (χ0v) is 10.6. The van der Waals surface area contributed by atoms with Crippen molar-refractivity contribution in [3.63, 3.8) is 0 Å². The zero-order valence-electron chi connectivity index (χ0n) is 9.02. The molecule has 0 saturated carbocycles. The molecule has 0 saturated heterocycles. The first-order chi connectivity index (χ1) is 7.60. The van der Waals surface area contributed by atoms with Crippen LogP contribution in [0.2, 0.25) is 0 Å². The van der Waals surface area contributed by atoms with Crippen molar-refractivity contribution in [1.82, 2.24) is 0 Å². The zero-order chi connectivity index (χ0) is 12.1. The van der Waals surface area contributed by atoms with E-state index in [9.17, 15) is 10.1 Å². The maximum Gasteiger partial charge on any atom is 0.292 e. The van der Waals surface area contributed by atoms with E-state index in [1.165, 1.54) is 6.07 Å². The quantitative estimate of drug-likeness (QED) is 0.665. The van der Waals surface area contributed by atoms with E-state index in [0.29, 0.717) is 25.3 Å². The first-order valence-electron chi connectivity index (χ1n) is 4.99. The molecule has 16 heavy (non-hydrogen) atoms. The van der Waals surface area contributed by atoms with Gasteiger partial charge in [0.1, 0.15) is 5.69 Å². The van der Waals surface area contributed by atoms with Gasteiger partial charge < -0.3 is 10.6 Å². The summed E-state index contributed by atoms with van der Waals surface area (Å²) in [6, 6.07) is 4.91. The third-order valence-corrected chi connectivity index (χ3v) is 2.75. The molecular formula is C10H14BrN3O2. The minimum absolute atomic E-state index is 0.110. The van der Waals surface area contributed by atoms with Gasteiger partial charge in [0, 0.05) is 30.2 Å². The van der Waals surface area contributed by atoms with Crippen LogP contribution >= 0.6 is 15.9 Å². The monoisotopic (exact) mass is 287 g/mol. The first kappa shape index (κ1) is 12.9. The molecule has 0 bridgehead atoms. The number of nitro benzene ring substituents is 1. The average molecular weight is 288 g/mol. The molecule has 88 valence electrons. The summed E-state index contributed by atoms with van der Waals surface area (Å²) in [4.78, 5) is 12.4. The van der Waals surface area contributed by atoms with Gasteiger partial charge in [0.25, 0.3) is 5.69 Å². The van der Waals surface area contributed by atoms with Crippen molar-refractivity contribution >= 4 is 27.3 Å². The van der Waals surface area contributed by atoms with Crippen LogP contribution in [0.15, 0.2) is 22.7 Å². The van der Waals surface area contributed by atoms with Gasteiger partial charge in [0.05, 0.1) is 4.92 Å². The number of benzene rings is 1. The summed E-state index contributed by atoms with van der Waals surface area (Å²) < 4.78 is 0.823. The molecule has 0 aliphatic carbocycles. The number of halogens is 1. The fraction of sp³-hybridized carbons (Fsp3) is 0.400. The van der Waals surface area contributed by atoms with E-state index in [1.54, 1.807) is 12.1 Å². The summed E-state index contributed by atoms with van der Waals surface area (Å²) in [5.74, 6) is 0. The molecule has 5 nitrogen and oxygen atoms in total. The number of nitrogens with zero attached hydrogens (tertiary/aromatic N) is 2. The molecule has 0 aliphatic rings. The molecule has 0 aromatic heterocycles. The van der Waals surface area contributed by atoms with Gasteiger partial charge in [-0.25, -0.2) is 0 Å². The van der Waals surface area contributed by atoms with Crippen molar-refractivity contribution in [3.8, 4) is 0 Å². The third-order valence-electron chi connectivity index (χ3n) is 2.26. The Morgan fingerprint density at radius 2 is 2.25 bits per heavy atom. The lowest BCUT2D eigenvalue weighted by Crippen LogP contribution is -2.29. The number of likely N-dealkylation sites (N-methyl/N-ethyl adjacent to an activating group) is 1. The highest BCUT2D eigenvalue weighted by Crippen LogP contribution is 2.30. The third kappa shape index (κ3) is 2.93. The molecule has 0 fully saturated rings. The van der Waals surface area contributed by atoms with Crippen LogP contribution in [-0.2, 0) is 0 Å². The summed E-state index contributed by atoms with van der Waals surface area (Å²) in [6.07, 6.45) is 0. The Balaban J connectivity index is 3.16. The highest BCUT2D eigenvalue weighted by atomic mass is 79.9. The van der Waals surface area contributed by atoms with Gasteiger partial charge in [-0.1, -0.05) is 15.9 Å². The van der Waals surface area contributed by atoms with Crippen molar-refractivity contribution in [3.05, 3.63) is 32.8 Å². The molecule has 2 N–H and O–H groups in total. The second-order valence-corrected chi connectivity index (χ2v) is 4.17. The molecule has 1 rings (SSSR count). The summed E-state index contributed by atoms with van der Waals surface area (Å²) in [5, 5.41) is 10.9. The van der Waals surface area contributed by atoms with Crippen LogP contribution < -0.4 is 10.6 Å². The van der Waals surface area contributed by atoms with Crippen LogP contribution in [0.3, 0.4) is 0 Å². The Bertz CT molecular complexity index is 384. The molecule has 0 spiro atoms. The standard InChI is InChI=1S/C10H14BrN3O2/c1-2-13(6-5-12)10-7-8(11)3-4-9(10)14(15)16/h3-4,7H,2,5-6,12H2,1H3. The van der Waals surface area contributed by atoms with Gasteiger partial charge in [0.2, 0.25) is 0 Å². The molecule has 1 aromatic carbocycles. The smallest absolute Gasteiger partial charge is 0.292 e. The second kappa shape index (κ2) is 5.81. The van der Waals surface area contributed by atoms with Crippen molar-refractivity contribution in [2.75, 3.05) is 24.5 Å². The van der Waals surface area contributed by atoms with Crippen molar-refractivity contribution in [2.45, 2.75) is 6.92 Å². The van der Waals surface area contributed by atoms with Crippen LogP contribution in [0, 0.1) is 10.1 Å². The van der Waals surface area contributed by atoms with E-state index in [0.717, 1.165) is 4.47 Å². The largest absolute Gasteiger partial charge is 0.365 e. The summed E-state index contributed by atoms with van der Waals surface area (Å²) in [6.45, 7) is 3.71. The van der Waals surface area contributed by atoms with E-state index in [2.05, 4.69) is 15.9 Å². The van der Waals surface area contributed by atoms with E-state index >= 15 is 0 Å². The predicted molar refractivity (Wildman–Crippen MR) is 67.7 cm³/mol. The number of hydrogen-bond donors (Lipinski definition) is 1. The molecular weight excluding hydrogens is 274 g/mol. The average Bonchev–Trinajstić information content (AvgIpc) is 2.25. The molecule has 0 aliphatic heterocycles. The van der Waals surface area contributed by atoms with Crippen LogP contribution in [0.4, 0.5) is 11.4 Å². The highest BCUT2D eigenvalue weighted by molar-refractivity contribution is 9.10. The lowest BCUT2D eigenvalue weighted by atomic mass is 10.2. The summed E-state index contributed by atoms with van der Waals surface area (Å²) in [7, 11) is 0. The predicted octanol–water partition coefficient (Wildman–Crippen LogP) is 2.14. The molecule has 0 heterocycles. The van der Waals surface area contributed by atoms with Gasteiger partial charge in [-0.3, -0.25) is 10.1 Å². The fourth-order valence-corrected chi connectivity index (χ4v) is 1.86. The normalized spacial score (nSPS) is 10.2. The number of nitrogens with two attached hydrogens (primary N) is 1. The van der Waals surface area contributed by atoms with Crippen LogP contribution in [0.25, 0.3) is 0 Å². The van der Waals surface area contributed by atoms with Crippen LogP contribution in [0.1, 0.15) is 6.92 Å². The molecule has 1 aromatic rings. The molecule has 0 unspecified atom stereocenters. The maximum atomic E-state index is 10.9. The number of hydrogen-bond acceptors (Lipinski definition) is 4. The van der Waals surface area contributed by atoms with Gasteiger partial charge in [-0.2, -0.15) is 0 Å². The Labute approximate surface area is 103 Å². The van der Waals surface area contributed by atoms with Crippen molar-refractivity contribution in [2.24, 2.45) is 5.73 Å². The van der Waals surface area contributed by atoms with Gasteiger partial charge >= 0.3 is 0 Å². The van der Waals surface area contributed by atoms with Crippen molar-refractivity contribution < 1.29 is 4.92 Å². The molecule has 6 heteroatoms. The van der Waals surface area contributed by atoms with E-state index in [4.69, 9.17) is 5.73 Å². The van der Waals surface area contributed by atoms with Crippen LogP contribution in [-0.4, -0.2) is 24.6 Å². The minimum atomic E-state index is -0.374. The van der Waals surface area contributed by atoms with E-state index in [-0.39, 0.29) is 10.6 Å². The Kier molecular flexibility index (Phi) is 4.70. The lowest BCUT2D eigenvalue weighted by molar-refractivity contribution is -0.384. The minimum Gasteiger partial charge on any atom is -0.365 e. The summed E-state index contributed by atoms with van der Waals surface area (Å²) >= 11 is 3.31. The fourth-order valence-electron chi connectivity index (χ4n) is 1.51. The van der Waals surface area contributed by atoms with Crippen LogP contribution in [0.5, 0.6) is 0 Å². The second-order valence-electron chi connectivity index (χ2n) is 3.26. The number of nitro groups is 1. The molecule has 0 atom stereocenters. The number of rotatable bonds is 5. The van der Waals surface area contributed by atoms with Gasteiger partial charge in [0.15, 0.2) is 0 Å². The van der Waals surface area contributed by atoms with Crippen molar-refractivity contribution in [1.29, 1.82) is 0 Å². The number of anilines is 1. The SMILES string of the molecule is CCN(CCN)c1cc(Br)ccc1[N+](=O)[O-]. The lowest BCUT2D eigenvalue weighted by Gasteiger charge is -2.22. The first-order valence-corrected chi connectivity index (χ1v) is 5.78. The topological polar surface area (TPSA) is 72.4 Å².